The van der Waals surface area contributed by atoms with Crippen molar-refractivity contribution in [1.29, 1.82) is 0 Å². The minimum Gasteiger partial charge on any atom is -0.391 e. The van der Waals surface area contributed by atoms with E-state index in [4.69, 9.17) is 5.73 Å². The van der Waals surface area contributed by atoms with Crippen molar-refractivity contribution in [3.05, 3.63) is 16.7 Å². The van der Waals surface area contributed by atoms with Gasteiger partial charge < -0.3 is 15.6 Å². The van der Waals surface area contributed by atoms with Crippen LogP contribution in [-0.2, 0) is 0 Å². The molecule has 0 aromatic carbocycles. The second-order valence-corrected chi connectivity index (χ2v) is 2.94. The summed E-state index contributed by atoms with van der Waals surface area (Å²) in [4.78, 5) is 17.5. The van der Waals surface area contributed by atoms with Gasteiger partial charge in [0.2, 0.25) is 0 Å². The summed E-state index contributed by atoms with van der Waals surface area (Å²) in [7, 11) is 1.16. The number of anilines is 2. The van der Waals surface area contributed by atoms with Crippen LogP contribution < -0.4 is 16.2 Å². The Morgan fingerprint density at radius 1 is 1.60 bits per heavy atom. The SMILES string of the molecule is CN(CC(F)(F)F)c1nc[nH]c(=O)c1N. The highest BCUT2D eigenvalue weighted by atomic mass is 19.4. The standard InChI is InChI=1S/C7H9F3N4O/c1-14(2-7(8,9)10)5-4(11)6(15)13-3-12-5/h3H,2,11H2,1H3,(H,12,13,15). The van der Waals surface area contributed by atoms with Crippen LogP contribution in [0.15, 0.2) is 11.1 Å². The van der Waals surface area contributed by atoms with Gasteiger partial charge in [0.05, 0.1) is 6.33 Å². The summed E-state index contributed by atoms with van der Waals surface area (Å²) in [6, 6.07) is 0. The molecule has 0 fully saturated rings. The van der Waals surface area contributed by atoms with Crippen molar-refractivity contribution in [3.8, 4) is 0 Å². The van der Waals surface area contributed by atoms with Crippen LogP contribution in [0, 0.1) is 0 Å². The number of nitrogens with one attached hydrogen (secondary N) is 1. The molecule has 0 atom stereocenters. The maximum absolute atomic E-state index is 12.0. The van der Waals surface area contributed by atoms with E-state index >= 15 is 0 Å². The van der Waals surface area contributed by atoms with Crippen molar-refractivity contribution < 1.29 is 13.2 Å². The minimum atomic E-state index is -4.37. The number of H-pyrrole nitrogens is 1. The zero-order chi connectivity index (χ0) is 11.6. The molecular formula is C7H9F3N4O. The van der Waals surface area contributed by atoms with Crippen molar-refractivity contribution in [2.75, 3.05) is 24.2 Å². The zero-order valence-electron chi connectivity index (χ0n) is 7.80. The Labute approximate surface area is 82.7 Å². The molecule has 5 nitrogen and oxygen atoms in total. The first-order chi connectivity index (χ1) is 6.81. The fraction of sp³-hybridized carbons (Fsp3) is 0.429. The van der Waals surface area contributed by atoms with E-state index in [0.29, 0.717) is 0 Å². The van der Waals surface area contributed by atoms with E-state index in [1.54, 1.807) is 0 Å². The number of aromatic amines is 1. The number of nitrogens with zero attached hydrogens (tertiary/aromatic N) is 2. The predicted molar refractivity (Wildman–Crippen MR) is 48.6 cm³/mol. The summed E-state index contributed by atoms with van der Waals surface area (Å²) in [5, 5.41) is 0. The Hall–Kier alpha value is -1.73. The molecule has 0 bridgehead atoms. The van der Waals surface area contributed by atoms with Crippen LogP contribution in [-0.4, -0.2) is 29.7 Å². The molecule has 0 radical (unpaired) electrons. The number of hydrogen-bond acceptors (Lipinski definition) is 4. The van der Waals surface area contributed by atoms with Crippen LogP contribution in [0.2, 0.25) is 0 Å². The minimum absolute atomic E-state index is 0.184. The number of nitrogen functional groups attached to an aromatic ring is 1. The lowest BCUT2D eigenvalue weighted by Gasteiger charge is -2.20. The van der Waals surface area contributed by atoms with Crippen molar-refractivity contribution in [2.45, 2.75) is 6.18 Å². The number of hydrogen-bond donors (Lipinski definition) is 2. The van der Waals surface area contributed by atoms with E-state index < -0.39 is 18.3 Å². The van der Waals surface area contributed by atoms with E-state index in [1.807, 2.05) is 0 Å². The molecule has 8 heteroatoms. The molecule has 84 valence electrons. The number of halogens is 3. The van der Waals surface area contributed by atoms with E-state index in [9.17, 15) is 18.0 Å². The van der Waals surface area contributed by atoms with Gasteiger partial charge in [-0.15, -0.1) is 0 Å². The van der Waals surface area contributed by atoms with Crippen LogP contribution in [0.4, 0.5) is 24.7 Å². The third-order valence-corrected chi connectivity index (χ3v) is 1.65. The lowest BCUT2D eigenvalue weighted by Crippen LogP contribution is -2.33. The maximum atomic E-state index is 12.0. The summed E-state index contributed by atoms with van der Waals surface area (Å²) < 4.78 is 36.1. The fourth-order valence-corrected chi connectivity index (χ4v) is 1.05. The molecule has 0 aliphatic heterocycles. The van der Waals surface area contributed by atoms with Gasteiger partial charge in [-0.3, -0.25) is 4.79 Å². The predicted octanol–water partition coefficient (Wildman–Crippen LogP) is 0.351. The van der Waals surface area contributed by atoms with Gasteiger partial charge in [0.1, 0.15) is 12.2 Å². The Bertz CT molecular complexity index is 400. The monoisotopic (exact) mass is 222 g/mol. The number of rotatable bonds is 2. The molecule has 1 rings (SSSR count). The van der Waals surface area contributed by atoms with Crippen molar-refractivity contribution in [2.24, 2.45) is 0 Å². The van der Waals surface area contributed by atoms with Crippen LogP contribution >= 0.6 is 0 Å². The van der Waals surface area contributed by atoms with Crippen molar-refractivity contribution in [3.63, 3.8) is 0 Å². The highest BCUT2D eigenvalue weighted by Crippen LogP contribution is 2.20. The first-order valence-electron chi connectivity index (χ1n) is 3.92. The summed E-state index contributed by atoms with van der Waals surface area (Å²) in [5.74, 6) is -0.184. The normalized spacial score (nSPS) is 11.5. The third-order valence-electron chi connectivity index (χ3n) is 1.65. The Kier molecular flexibility index (Phi) is 2.87. The molecule has 0 saturated carbocycles. The van der Waals surface area contributed by atoms with Gasteiger partial charge in [0, 0.05) is 7.05 Å². The Morgan fingerprint density at radius 2 is 2.20 bits per heavy atom. The molecule has 0 saturated heterocycles. The molecule has 1 aromatic rings. The first-order valence-corrected chi connectivity index (χ1v) is 3.92. The average Bonchev–Trinajstić information content (AvgIpc) is 2.06. The smallest absolute Gasteiger partial charge is 0.391 e. The van der Waals surface area contributed by atoms with Gasteiger partial charge in [0.15, 0.2) is 5.82 Å². The molecule has 0 aliphatic carbocycles. The molecular weight excluding hydrogens is 213 g/mol. The highest BCUT2D eigenvalue weighted by molar-refractivity contribution is 5.60. The van der Waals surface area contributed by atoms with Gasteiger partial charge >= 0.3 is 6.18 Å². The van der Waals surface area contributed by atoms with Crippen LogP contribution in [0.1, 0.15) is 0 Å². The largest absolute Gasteiger partial charge is 0.405 e. The first kappa shape index (κ1) is 11.3. The molecule has 0 aliphatic rings. The van der Waals surface area contributed by atoms with E-state index in [2.05, 4.69) is 9.97 Å². The molecule has 3 N–H and O–H groups in total. The summed E-state index contributed by atoms with van der Waals surface area (Å²) in [5.41, 5.74) is 4.30. The molecule has 0 amide bonds. The number of alkyl halides is 3. The Morgan fingerprint density at radius 3 is 2.73 bits per heavy atom. The van der Waals surface area contributed by atoms with Crippen LogP contribution in [0.5, 0.6) is 0 Å². The summed E-state index contributed by atoms with van der Waals surface area (Å²) in [6.45, 7) is -1.21. The van der Waals surface area contributed by atoms with Gasteiger partial charge in [-0.2, -0.15) is 13.2 Å². The van der Waals surface area contributed by atoms with Gasteiger partial charge in [-0.05, 0) is 0 Å². The zero-order valence-corrected chi connectivity index (χ0v) is 7.80. The second kappa shape index (κ2) is 3.79. The van der Waals surface area contributed by atoms with Crippen molar-refractivity contribution in [1.82, 2.24) is 9.97 Å². The average molecular weight is 222 g/mol. The number of aromatic nitrogens is 2. The number of nitrogens with two attached hydrogens (primary N) is 1. The Balaban J connectivity index is 2.97. The van der Waals surface area contributed by atoms with Gasteiger partial charge in [0.25, 0.3) is 5.56 Å². The maximum Gasteiger partial charge on any atom is 0.405 e. The lowest BCUT2D eigenvalue weighted by atomic mass is 10.4. The van der Waals surface area contributed by atoms with Gasteiger partial charge in [-0.25, -0.2) is 4.98 Å². The fourth-order valence-electron chi connectivity index (χ4n) is 1.05. The lowest BCUT2D eigenvalue weighted by molar-refractivity contribution is -0.119. The molecule has 0 unspecified atom stereocenters. The van der Waals surface area contributed by atoms with E-state index in [1.165, 1.54) is 0 Å². The highest BCUT2D eigenvalue weighted by Gasteiger charge is 2.30. The summed E-state index contributed by atoms with van der Waals surface area (Å²) in [6.07, 6.45) is -3.37. The molecule has 0 spiro atoms. The van der Waals surface area contributed by atoms with Crippen LogP contribution in [0.3, 0.4) is 0 Å². The van der Waals surface area contributed by atoms with Crippen LogP contribution in [0.25, 0.3) is 0 Å². The van der Waals surface area contributed by atoms with E-state index in [-0.39, 0.29) is 11.5 Å². The van der Waals surface area contributed by atoms with Crippen molar-refractivity contribution >= 4 is 11.5 Å². The molecule has 15 heavy (non-hydrogen) atoms. The molecule has 1 heterocycles. The van der Waals surface area contributed by atoms with E-state index in [0.717, 1.165) is 18.3 Å². The topological polar surface area (TPSA) is 75.0 Å². The summed E-state index contributed by atoms with van der Waals surface area (Å²) >= 11 is 0. The molecule has 1 aromatic heterocycles. The third kappa shape index (κ3) is 2.86. The quantitative estimate of drug-likeness (QED) is 0.757. The van der Waals surface area contributed by atoms with Gasteiger partial charge in [-0.1, -0.05) is 0 Å². The second-order valence-electron chi connectivity index (χ2n) is 2.94.